The summed E-state index contributed by atoms with van der Waals surface area (Å²) in [7, 11) is 0. The van der Waals surface area contributed by atoms with Crippen molar-refractivity contribution in [1.82, 2.24) is 0 Å². The molecule has 1 aliphatic heterocycles. The Morgan fingerprint density at radius 3 is 2.84 bits per heavy atom. The predicted octanol–water partition coefficient (Wildman–Crippen LogP) is 4.11. The summed E-state index contributed by atoms with van der Waals surface area (Å²) in [4.78, 5) is 2.60. The van der Waals surface area contributed by atoms with Gasteiger partial charge in [-0.1, -0.05) is 41.8 Å². The Bertz CT molecular complexity index is 406. The normalized spacial score (nSPS) is 20.4. The van der Waals surface area contributed by atoms with Crippen LogP contribution in [0, 0.1) is 0 Å². The largest absolute Gasteiger partial charge is 0.369 e. The van der Waals surface area contributed by atoms with Gasteiger partial charge in [0.2, 0.25) is 0 Å². The van der Waals surface area contributed by atoms with Crippen LogP contribution in [0.4, 0.5) is 5.69 Å². The number of halogens is 1. The molecule has 1 aliphatic rings. The van der Waals surface area contributed by atoms with Gasteiger partial charge in [-0.15, -0.1) is 0 Å². The standard InChI is InChI=1S/C16H25BrN2/c1-2-14-6-4-3-5-11-19(14)15-8-7-13(9-10-18)16(17)12-15/h7-8,12,14H,2-6,9-11,18H2,1H3. The van der Waals surface area contributed by atoms with Crippen molar-refractivity contribution in [2.24, 2.45) is 5.73 Å². The number of nitrogens with two attached hydrogens (primary N) is 1. The molecule has 2 N–H and O–H groups in total. The SMILES string of the molecule is CCC1CCCCCN1c1ccc(CCN)c(Br)c1. The summed E-state index contributed by atoms with van der Waals surface area (Å²) >= 11 is 3.69. The minimum absolute atomic E-state index is 0.703. The maximum absolute atomic E-state index is 5.64. The van der Waals surface area contributed by atoms with Gasteiger partial charge >= 0.3 is 0 Å². The predicted molar refractivity (Wildman–Crippen MR) is 86.8 cm³/mol. The van der Waals surface area contributed by atoms with Crippen LogP contribution in [0.15, 0.2) is 22.7 Å². The molecular formula is C16H25BrN2. The fourth-order valence-corrected chi connectivity index (χ4v) is 3.58. The summed E-state index contributed by atoms with van der Waals surface area (Å²) in [6.07, 6.45) is 7.58. The van der Waals surface area contributed by atoms with Gasteiger partial charge in [0.25, 0.3) is 0 Å². The van der Waals surface area contributed by atoms with Gasteiger partial charge in [0.1, 0.15) is 0 Å². The minimum Gasteiger partial charge on any atom is -0.369 e. The minimum atomic E-state index is 0.703. The van der Waals surface area contributed by atoms with E-state index < -0.39 is 0 Å². The summed E-state index contributed by atoms with van der Waals surface area (Å²) in [5.41, 5.74) is 8.32. The molecule has 3 heteroatoms. The fraction of sp³-hybridized carbons (Fsp3) is 0.625. The molecule has 2 nitrogen and oxygen atoms in total. The highest BCUT2D eigenvalue weighted by Gasteiger charge is 2.20. The monoisotopic (exact) mass is 324 g/mol. The highest BCUT2D eigenvalue weighted by Crippen LogP contribution is 2.29. The Morgan fingerprint density at radius 2 is 2.16 bits per heavy atom. The molecule has 19 heavy (non-hydrogen) atoms. The molecule has 0 aliphatic carbocycles. The van der Waals surface area contributed by atoms with Crippen molar-refractivity contribution in [3.05, 3.63) is 28.2 Å². The van der Waals surface area contributed by atoms with E-state index in [2.05, 4.69) is 46.0 Å². The van der Waals surface area contributed by atoms with E-state index >= 15 is 0 Å². The quantitative estimate of drug-likeness (QED) is 0.903. The Balaban J connectivity index is 2.21. The smallest absolute Gasteiger partial charge is 0.0380 e. The zero-order valence-corrected chi connectivity index (χ0v) is 13.5. The van der Waals surface area contributed by atoms with Gasteiger partial charge in [-0.25, -0.2) is 0 Å². The molecular weight excluding hydrogens is 300 g/mol. The topological polar surface area (TPSA) is 29.3 Å². The third-order valence-corrected chi connectivity index (χ3v) is 4.87. The van der Waals surface area contributed by atoms with Crippen molar-refractivity contribution in [3.8, 4) is 0 Å². The maximum Gasteiger partial charge on any atom is 0.0380 e. The third kappa shape index (κ3) is 3.73. The van der Waals surface area contributed by atoms with E-state index in [0.717, 1.165) is 6.42 Å². The molecule has 106 valence electrons. The first kappa shape index (κ1) is 14.9. The van der Waals surface area contributed by atoms with Crippen molar-refractivity contribution in [2.75, 3.05) is 18.0 Å². The number of anilines is 1. The van der Waals surface area contributed by atoms with Crippen LogP contribution in [-0.4, -0.2) is 19.1 Å². The Hall–Kier alpha value is -0.540. The van der Waals surface area contributed by atoms with Gasteiger partial charge < -0.3 is 10.6 Å². The molecule has 1 heterocycles. The van der Waals surface area contributed by atoms with E-state index in [0.29, 0.717) is 12.6 Å². The second kappa shape index (κ2) is 7.30. The van der Waals surface area contributed by atoms with Crippen molar-refractivity contribution in [1.29, 1.82) is 0 Å². The van der Waals surface area contributed by atoms with Gasteiger partial charge in [-0.05, 0) is 49.9 Å². The van der Waals surface area contributed by atoms with Crippen LogP contribution < -0.4 is 10.6 Å². The maximum atomic E-state index is 5.64. The molecule has 0 bridgehead atoms. The van der Waals surface area contributed by atoms with Crippen LogP contribution in [0.2, 0.25) is 0 Å². The number of benzene rings is 1. The first-order valence-electron chi connectivity index (χ1n) is 7.51. The number of rotatable bonds is 4. The highest BCUT2D eigenvalue weighted by atomic mass is 79.9. The van der Waals surface area contributed by atoms with Gasteiger partial charge in [-0.3, -0.25) is 0 Å². The lowest BCUT2D eigenvalue weighted by atomic mass is 10.1. The summed E-state index contributed by atoms with van der Waals surface area (Å²) in [5, 5.41) is 0. The second-order valence-electron chi connectivity index (χ2n) is 5.42. The molecule has 1 unspecified atom stereocenters. The highest BCUT2D eigenvalue weighted by molar-refractivity contribution is 9.10. The molecule has 0 aromatic heterocycles. The van der Waals surface area contributed by atoms with Crippen LogP contribution in [0.3, 0.4) is 0 Å². The van der Waals surface area contributed by atoms with Crippen molar-refractivity contribution in [2.45, 2.75) is 51.5 Å². The summed E-state index contributed by atoms with van der Waals surface area (Å²) in [5.74, 6) is 0. The lowest BCUT2D eigenvalue weighted by Gasteiger charge is -2.32. The average Bonchev–Trinajstić information content (AvgIpc) is 2.66. The summed E-state index contributed by atoms with van der Waals surface area (Å²) in [6, 6.07) is 7.47. The van der Waals surface area contributed by atoms with E-state index in [1.807, 2.05) is 0 Å². The number of nitrogens with zero attached hydrogens (tertiary/aromatic N) is 1. The molecule has 0 saturated carbocycles. The molecule has 2 rings (SSSR count). The molecule has 1 atom stereocenters. The first-order chi connectivity index (χ1) is 9.26. The first-order valence-corrected chi connectivity index (χ1v) is 8.30. The van der Waals surface area contributed by atoms with Crippen LogP contribution in [0.5, 0.6) is 0 Å². The zero-order chi connectivity index (χ0) is 13.7. The lowest BCUT2D eigenvalue weighted by Crippen LogP contribution is -2.34. The number of hydrogen-bond acceptors (Lipinski definition) is 2. The van der Waals surface area contributed by atoms with Crippen molar-refractivity contribution in [3.63, 3.8) is 0 Å². The van der Waals surface area contributed by atoms with E-state index in [-0.39, 0.29) is 0 Å². The zero-order valence-electron chi connectivity index (χ0n) is 11.9. The summed E-state index contributed by atoms with van der Waals surface area (Å²) < 4.78 is 1.20. The van der Waals surface area contributed by atoms with Crippen molar-refractivity contribution < 1.29 is 0 Å². The van der Waals surface area contributed by atoms with E-state index in [4.69, 9.17) is 5.73 Å². The van der Waals surface area contributed by atoms with E-state index in [1.165, 1.54) is 54.4 Å². The average molecular weight is 325 g/mol. The molecule has 1 aromatic rings. The van der Waals surface area contributed by atoms with E-state index in [1.54, 1.807) is 0 Å². The molecule has 0 amide bonds. The van der Waals surface area contributed by atoms with Gasteiger partial charge in [0.15, 0.2) is 0 Å². The van der Waals surface area contributed by atoms with Crippen LogP contribution in [0.25, 0.3) is 0 Å². The molecule has 1 aromatic carbocycles. The summed E-state index contributed by atoms with van der Waals surface area (Å²) in [6.45, 7) is 4.21. The Morgan fingerprint density at radius 1 is 1.32 bits per heavy atom. The van der Waals surface area contributed by atoms with Gasteiger partial charge in [-0.2, -0.15) is 0 Å². The Kier molecular flexibility index (Phi) is 5.71. The second-order valence-corrected chi connectivity index (χ2v) is 6.27. The van der Waals surface area contributed by atoms with Crippen molar-refractivity contribution >= 4 is 21.6 Å². The van der Waals surface area contributed by atoms with Crippen LogP contribution in [0.1, 0.15) is 44.6 Å². The molecule has 0 radical (unpaired) electrons. The van der Waals surface area contributed by atoms with Gasteiger partial charge in [0.05, 0.1) is 0 Å². The van der Waals surface area contributed by atoms with Gasteiger partial charge in [0, 0.05) is 22.7 Å². The van der Waals surface area contributed by atoms with E-state index in [9.17, 15) is 0 Å². The lowest BCUT2D eigenvalue weighted by molar-refractivity contribution is 0.556. The third-order valence-electron chi connectivity index (χ3n) is 4.13. The molecule has 1 fully saturated rings. The Labute approximate surface area is 125 Å². The fourth-order valence-electron chi connectivity index (χ4n) is 3.01. The molecule has 1 saturated heterocycles. The van der Waals surface area contributed by atoms with Crippen LogP contribution >= 0.6 is 15.9 Å². The number of hydrogen-bond donors (Lipinski definition) is 1. The molecule has 0 spiro atoms. The van der Waals surface area contributed by atoms with Crippen LogP contribution in [-0.2, 0) is 6.42 Å².